The van der Waals surface area contributed by atoms with E-state index in [-0.39, 0.29) is 0 Å². The average Bonchev–Trinajstić information content (AvgIpc) is 3.01. The summed E-state index contributed by atoms with van der Waals surface area (Å²) in [7, 11) is 0. The Morgan fingerprint density at radius 3 is 2.76 bits per heavy atom. The fourth-order valence-electron chi connectivity index (χ4n) is 4.07. The van der Waals surface area contributed by atoms with Gasteiger partial charge in [-0.15, -0.1) is 0 Å². The van der Waals surface area contributed by atoms with Crippen LogP contribution in [0.2, 0.25) is 0 Å². The molecule has 0 spiro atoms. The lowest BCUT2D eigenvalue weighted by Crippen LogP contribution is -2.39. The first-order valence-electron chi connectivity index (χ1n) is 9.59. The van der Waals surface area contributed by atoms with Gasteiger partial charge in [-0.3, -0.25) is 14.8 Å². The maximum absolute atomic E-state index is 5.45. The third-order valence-corrected chi connectivity index (χ3v) is 5.44. The van der Waals surface area contributed by atoms with Gasteiger partial charge in [-0.2, -0.15) is 4.98 Å². The summed E-state index contributed by atoms with van der Waals surface area (Å²) in [6.07, 6.45) is 9.98. The van der Waals surface area contributed by atoms with Gasteiger partial charge in [0, 0.05) is 25.3 Å². The minimum Gasteiger partial charge on any atom is -0.337 e. The second-order valence-electron chi connectivity index (χ2n) is 7.18. The summed E-state index contributed by atoms with van der Waals surface area (Å²) in [6.45, 7) is 5.30. The molecule has 1 saturated carbocycles. The molecule has 0 aromatic carbocycles. The van der Waals surface area contributed by atoms with Crippen molar-refractivity contribution in [2.45, 2.75) is 51.1 Å². The van der Waals surface area contributed by atoms with Gasteiger partial charge in [-0.05, 0) is 44.5 Å². The molecule has 2 aliphatic rings. The number of pyridine rings is 1. The summed E-state index contributed by atoms with van der Waals surface area (Å²) in [6, 6.07) is 6.54. The Kier molecular flexibility index (Phi) is 5.37. The highest BCUT2D eigenvalue weighted by Gasteiger charge is 2.24. The van der Waals surface area contributed by atoms with E-state index in [4.69, 9.17) is 4.52 Å². The van der Waals surface area contributed by atoms with Crippen molar-refractivity contribution in [1.29, 1.82) is 0 Å². The van der Waals surface area contributed by atoms with Crippen LogP contribution in [0.4, 0.5) is 0 Å². The first kappa shape index (κ1) is 16.7. The molecule has 2 aromatic heterocycles. The van der Waals surface area contributed by atoms with Crippen LogP contribution >= 0.6 is 0 Å². The fraction of sp³-hybridized carbons (Fsp3) is 0.632. The van der Waals surface area contributed by atoms with E-state index in [9.17, 15) is 0 Å². The molecule has 2 fully saturated rings. The zero-order valence-corrected chi connectivity index (χ0v) is 14.8. The molecule has 4 rings (SSSR count). The van der Waals surface area contributed by atoms with Crippen molar-refractivity contribution < 1.29 is 4.52 Å². The Morgan fingerprint density at radius 1 is 1.00 bits per heavy atom. The van der Waals surface area contributed by atoms with Crippen LogP contribution in [0.15, 0.2) is 28.9 Å². The van der Waals surface area contributed by atoms with E-state index in [1.165, 1.54) is 45.1 Å². The summed E-state index contributed by atoms with van der Waals surface area (Å²) < 4.78 is 5.45. The van der Waals surface area contributed by atoms with Crippen molar-refractivity contribution >= 4 is 0 Å². The Labute approximate surface area is 149 Å². The third kappa shape index (κ3) is 4.25. The summed E-state index contributed by atoms with van der Waals surface area (Å²) in [5, 5.41) is 4.08. The highest BCUT2D eigenvalue weighted by Crippen LogP contribution is 2.23. The molecule has 0 radical (unpaired) electrons. The van der Waals surface area contributed by atoms with Crippen molar-refractivity contribution in [1.82, 2.24) is 24.9 Å². The maximum Gasteiger partial charge on any atom is 0.241 e. The van der Waals surface area contributed by atoms with Gasteiger partial charge in [0.25, 0.3) is 0 Å². The molecule has 25 heavy (non-hydrogen) atoms. The molecular weight excluding hydrogens is 314 g/mol. The lowest BCUT2D eigenvalue weighted by Gasteiger charge is -2.33. The van der Waals surface area contributed by atoms with Gasteiger partial charge in [-0.25, -0.2) is 0 Å². The molecule has 6 nitrogen and oxygen atoms in total. The maximum atomic E-state index is 5.45. The topological polar surface area (TPSA) is 58.3 Å². The van der Waals surface area contributed by atoms with Crippen LogP contribution in [0.1, 0.15) is 44.4 Å². The standard InChI is InChI=1S/C19H27N5O/c1-2-7-16(8-3-1)24-12-6-11-23(13-14-24)15-18-21-19(22-25-18)17-9-4-5-10-20-17/h4-5,9-10,16H,1-3,6-8,11-15H2. The Hall–Kier alpha value is -1.79. The Balaban J connectivity index is 1.33. The Morgan fingerprint density at radius 2 is 1.92 bits per heavy atom. The van der Waals surface area contributed by atoms with Gasteiger partial charge in [0.05, 0.1) is 6.54 Å². The van der Waals surface area contributed by atoms with Crippen LogP contribution in [0.25, 0.3) is 11.5 Å². The lowest BCUT2D eigenvalue weighted by atomic mass is 9.94. The van der Waals surface area contributed by atoms with Gasteiger partial charge in [0.1, 0.15) is 5.69 Å². The molecule has 6 heteroatoms. The number of hydrogen-bond donors (Lipinski definition) is 0. The van der Waals surface area contributed by atoms with Crippen molar-refractivity contribution in [2.75, 3.05) is 26.2 Å². The second-order valence-corrected chi connectivity index (χ2v) is 7.18. The molecule has 134 valence electrons. The Bertz CT molecular complexity index is 653. The van der Waals surface area contributed by atoms with Gasteiger partial charge < -0.3 is 4.52 Å². The van der Waals surface area contributed by atoms with Gasteiger partial charge >= 0.3 is 0 Å². The van der Waals surface area contributed by atoms with E-state index in [0.29, 0.717) is 11.7 Å². The lowest BCUT2D eigenvalue weighted by molar-refractivity contribution is 0.156. The molecule has 1 saturated heterocycles. The molecule has 0 unspecified atom stereocenters. The monoisotopic (exact) mass is 341 g/mol. The fourth-order valence-corrected chi connectivity index (χ4v) is 4.07. The van der Waals surface area contributed by atoms with Gasteiger partial charge in [-0.1, -0.05) is 30.5 Å². The second kappa shape index (κ2) is 8.06. The van der Waals surface area contributed by atoms with Gasteiger partial charge in [0.2, 0.25) is 11.7 Å². The molecule has 1 aliphatic heterocycles. The summed E-state index contributed by atoms with van der Waals surface area (Å²) in [5.41, 5.74) is 0.761. The SMILES string of the molecule is c1ccc(-c2noc(CN3CCCN(C4CCCCC4)CC3)n2)nc1. The van der Waals surface area contributed by atoms with Crippen LogP contribution < -0.4 is 0 Å². The predicted octanol–water partition coefficient (Wildman–Crippen LogP) is 2.97. The van der Waals surface area contributed by atoms with E-state index in [0.717, 1.165) is 37.9 Å². The number of rotatable bonds is 4. The van der Waals surface area contributed by atoms with E-state index >= 15 is 0 Å². The zero-order valence-electron chi connectivity index (χ0n) is 14.8. The van der Waals surface area contributed by atoms with Crippen molar-refractivity contribution in [2.24, 2.45) is 0 Å². The number of hydrogen-bond acceptors (Lipinski definition) is 6. The summed E-state index contributed by atoms with van der Waals surface area (Å²) in [5.74, 6) is 1.26. The quantitative estimate of drug-likeness (QED) is 0.852. The smallest absolute Gasteiger partial charge is 0.241 e. The average molecular weight is 341 g/mol. The van der Waals surface area contributed by atoms with E-state index in [2.05, 4.69) is 24.9 Å². The van der Waals surface area contributed by atoms with E-state index in [1.54, 1.807) is 6.20 Å². The van der Waals surface area contributed by atoms with Crippen LogP contribution in [0, 0.1) is 0 Å². The van der Waals surface area contributed by atoms with Crippen molar-refractivity contribution in [3.8, 4) is 11.5 Å². The first-order valence-corrected chi connectivity index (χ1v) is 9.59. The number of nitrogens with zero attached hydrogens (tertiary/aromatic N) is 5. The molecule has 0 amide bonds. The zero-order chi connectivity index (χ0) is 16.9. The van der Waals surface area contributed by atoms with Gasteiger partial charge in [0.15, 0.2) is 0 Å². The highest BCUT2D eigenvalue weighted by molar-refractivity contribution is 5.46. The molecule has 0 atom stereocenters. The largest absolute Gasteiger partial charge is 0.337 e. The minimum atomic E-state index is 0.578. The highest BCUT2D eigenvalue weighted by atomic mass is 16.5. The van der Waals surface area contributed by atoms with Crippen molar-refractivity contribution in [3.05, 3.63) is 30.3 Å². The number of aromatic nitrogens is 3. The molecular formula is C19H27N5O. The summed E-state index contributed by atoms with van der Waals surface area (Å²) in [4.78, 5) is 14.0. The molecule has 0 N–H and O–H groups in total. The van der Waals surface area contributed by atoms with Crippen LogP contribution in [-0.2, 0) is 6.54 Å². The predicted molar refractivity (Wildman–Crippen MR) is 95.9 cm³/mol. The summed E-state index contributed by atoms with van der Waals surface area (Å²) >= 11 is 0. The molecule has 0 bridgehead atoms. The normalized spacial score (nSPS) is 21.3. The minimum absolute atomic E-state index is 0.578. The molecule has 1 aliphatic carbocycles. The van der Waals surface area contributed by atoms with Crippen LogP contribution in [-0.4, -0.2) is 57.1 Å². The van der Waals surface area contributed by atoms with E-state index in [1.807, 2.05) is 18.2 Å². The third-order valence-electron chi connectivity index (χ3n) is 5.44. The first-order chi connectivity index (χ1) is 12.4. The van der Waals surface area contributed by atoms with Crippen molar-refractivity contribution in [3.63, 3.8) is 0 Å². The van der Waals surface area contributed by atoms with Crippen LogP contribution in [0.5, 0.6) is 0 Å². The van der Waals surface area contributed by atoms with E-state index < -0.39 is 0 Å². The molecule has 3 heterocycles. The molecule has 2 aromatic rings. The van der Waals surface area contributed by atoms with Crippen LogP contribution in [0.3, 0.4) is 0 Å².